The Labute approximate surface area is 379 Å². The highest BCUT2D eigenvalue weighted by Crippen LogP contribution is 2.43. The maximum Gasteiger partial charge on any atom is 0.194 e. The fraction of sp³-hybridized carbons (Fsp3) is 0. The minimum absolute atomic E-state index is 0.505. The first-order valence-corrected chi connectivity index (χ1v) is 21.6. The highest BCUT2D eigenvalue weighted by atomic mass is 16.3. The molecule has 66 heavy (non-hydrogen) atoms. The lowest BCUT2D eigenvalue weighted by atomic mass is 9.98. The van der Waals surface area contributed by atoms with E-state index < -0.39 is 0 Å². The van der Waals surface area contributed by atoms with E-state index in [1.54, 1.807) is 0 Å². The Bertz CT molecular complexity index is 3790. The van der Waals surface area contributed by atoms with Crippen LogP contribution < -0.4 is 0 Å². The summed E-state index contributed by atoms with van der Waals surface area (Å²) in [6.07, 6.45) is 0. The van der Waals surface area contributed by atoms with Gasteiger partial charge < -0.3 is 8.98 Å². The van der Waals surface area contributed by atoms with Crippen molar-refractivity contribution < 1.29 is 4.42 Å². The van der Waals surface area contributed by atoms with Crippen molar-refractivity contribution in [3.8, 4) is 79.3 Å². The number of hydrogen-bond acceptors (Lipinski definition) is 5. The fourth-order valence-electron chi connectivity index (χ4n) is 9.19. The quantitative estimate of drug-likeness (QED) is 0.149. The van der Waals surface area contributed by atoms with Gasteiger partial charge in [-0.2, -0.15) is 5.26 Å². The molecule has 0 aliphatic heterocycles. The van der Waals surface area contributed by atoms with Gasteiger partial charge in [-0.25, -0.2) is 19.8 Å². The zero-order valence-electron chi connectivity index (χ0n) is 35.2. The van der Waals surface area contributed by atoms with Gasteiger partial charge in [-0.3, -0.25) is 0 Å². The number of benzene rings is 9. The molecule has 0 fully saturated rings. The molecule has 0 amide bonds. The number of para-hydroxylation sites is 2. The Balaban J connectivity index is 1.18. The summed E-state index contributed by atoms with van der Waals surface area (Å²) in [5, 5.41) is 14.4. The predicted octanol–water partition coefficient (Wildman–Crippen LogP) is 15.3. The van der Waals surface area contributed by atoms with Crippen LogP contribution in [0.25, 0.3) is 122 Å². The largest absolute Gasteiger partial charge is 0.456 e. The van der Waals surface area contributed by atoms with Crippen molar-refractivity contribution in [3.05, 3.63) is 223 Å². The first-order valence-electron chi connectivity index (χ1n) is 21.6. The number of nitrogens with zero attached hydrogens (tertiary/aromatic N) is 6. The van der Waals surface area contributed by atoms with E-state index in [0.29, 0.717) is 28.7 Å². The van der Waals surface area contributed by atoms with Crippen molar-refractivity contribution in [3.63, 3.8) is 0 Å². The average Bonchev–Trinajstić information content (AvgIpc) is 3.93. The van der Waals surface area contributed by atoms with E-state index in [9.17, 15) is 5.26 Å². The zero-order chi connectivity index (χ0) is 44.1. The topological polar surface area (TPSA) is 84.9 Å². The van der Waals surface area contributed by atoms with Crippen LogP contribution in [-0.2, 0) is 0 Å². The molecule has 12 aromatic rings. The molecule has 7 nitrogen and oxygen atoms in total. The molecule has 9 aromatic carbocycles. The number of aromatic nitrogens is 4. The van der Waals surface area contributed by atoms with Crippen LogP contribution in [0.3, 0.4) is 0 Å². The summed E-state index contributed by atoms with van der Waals surface area (Å²) in [7, 11) is 0. The van der Waals surface area contributed by atoms with Gasteiger partial charge in [0.1, 0.15) is 11.2 Å². The van der Waals surface area contributed by atoms with Crippen LogP contribution in [0.4, 0.5) is 5.69 Å². The second kappa shape index (κ2) is 15.7. The Morgan fingerprint density at radius 1 is 0.424 bits per heavy atom. The van der Waals surface area contributed by atoms with Crippen LogP contribution in [0.15, 0.2) is 211 Å². The molecule has 0 aliphatic rings. The van der Waals surface area contributed by atoms with E-state index in [1.807, 2.05) is 133 Å². The Kier molecular flexibility index (Phi) is 9.12. The molecule has 3 heterocycles. The minimum Gasteiger partial charge on any atom is -0.456 e. The van der Waals surface area contributed by atoms with Gasteiger partial charge >= 0.3 is 0 Å². The van der Waals surface area contributed by atoms with Crippen LogP contribution in [0.2, 0.25) is 0 Å². The van der Waals surface area contributed by atoms with E-state index in [2.05, 4.69) is 88.3 Å². The lowest BCUT2D eigenvalue weighted by Gasteiger charge is -2.17. The lowest BCUT2D eigenvalue weighted by Crippen LogP contribution is -2.04. The summed E-state index contributed by atoms with van der Waals surface area (Å²) >= 11 is 0. The highest BCUT2D eigenvalue weighted by molar-refractivity contribution is 6.12. The van der Waals surface area contributed by atoms with Crippen LogP contribution in [0.1, 0.15) is 5.56 Å². The molecule has 3 aromatic heterocycles. The van der Waals surface area contributed by atoms with E-state index >= 15 is 0 Å². The molecule has 0 spiro atoms. The van der Waals surface area contributed by atoms with Crippen LogP contribution in [0.5, 0.6) is 0 Å². The molecule has 0 N–H and O–H groups in total. The van der Waals surface area contributed by atoms with Crippen molar-refractivity contribution in [2.75, 3.05) is 0 Å². The zero-order valence-corrected chi connectivity index (χ0v) is 35.2. The van der Waals surface area contributed by atoms with E-state index in [0.717, 1.165) is 99.5 Å². The molecule has 7 heteroatoms. The van der Waals surface area contributed by atoms with Crippen LogP contribution >= 0.6 is 0 Å². The first-order chi connectivity index (χ1) is 32.6. The van der Waals surface area contributed by atoms with Crippen molar-refractivity contribution in [1.82, 2.24) is 19.5 Å². The van der Waals surface area contributed by atoms with Gasteiger partial charge in [0.05, 0.1) is 34.9 Å². The van der Waals surface area contributed by atoms with Crippen LogP contribution in [0, 0.1) is 17.9 Å². The second-order valence-electron chi connectivity index (χ2n) is 16.2. The minimum atomic E-state index is 0.505. The van der Waals surface area contributed by atoms with Crippen molar-refractivity contribution in [2.45, 2.75) is 0 Å². The van der Waals surface area contributed by atoms with Gasteiger partial charge in [-0.15, -0.1) is 0 Å². The molecule has 0 atom stereocenters. The summed E-state index contributed by atoms with van der Waals surface area (Å²) in [5.41, 5.74) is 13.6. The van der Waals surface area contributed by atoms with Crippen molar-refractivity contribution in [2.24, 2.45) is 0 Å². The fourth-order valence-corrected chi connectivity index (χ4v) is 9.19. The van der Waals surface area contributed by atoms with E-state index in [-0.39, 0.29) is 0 Å². The van der Waals surface area contributed by atoms with E-state index in [1.165, 1.54) is 0 Å². The maximum atomic E-state index is 10.2. The molecule has 0 radical (unpaired) electrons. The average molecular weight is 843 g/mol. The molecular weight excluding hydrogens is 809 g/mol. The maximum absolute atomic E-state index is 10.2. The third kappa shape index (κ3) is 6.47. The van der Waals surface area contributed by atoms with Gasteiger partial charge in [0.2, 0.25) is 0 Å². The highest BCUT2D eigenvalue weighted by Gasteiger charge is 2.22. The Morgan fingerprint density at radius 2 is 0.970 bits per heavy atom. The molecule has 0 saturated heterocycles. The predicted molar refractivity (Wildman–Crippen MR) is 265 cm³/mol. The van der Waals surface area contributed by atoms with Crippen LogP contribution in [-0.4, -0.2) is 19.5 Å². The normalized spacial score (nSPS) is 11.3. The van der Waals surface area contributed by atoms with Crippen molar-refractivity contribution in [1.29, 1.82) is 5.26 Å². The van der Waals surface area contributed by atoms with Gasteiger partial charge in [0.15, 0.2) is 23.2 Å². The SMILES string of the molecule is [C-]#[N+]c1ccccc1-c1ccc2c3ccc(-c4ccccc4C#N)cc3n(-c3ccc(-c4ccc5oc6ccccc6c5c4)cc3-c3nc(-c4ccccc4)nc(-c4ccccc4)n3)c2c1. The third-order valence-electron chi connectivity index (χ3n) is 12.3. The summed E-state index contributed by atoms with van der Waals surface area (Å²) in [6.45, 7) is 8.02. The third-order valence-corrected chi connectivity index (χ3v) is 12.3. The van der Waals surface area contributed by atoms with Crippen molar-refractivity contribution >= 4 is 49.4 Å². The molecule has 0 bridgehead atoms. The number of rotatable bonds is 7. The van der Waals surface area contributed by atoms with Gasteiger partial charge in [0, 0.05) is 38.2 Å². The molecular formula is C59H34N6O. The summed E-state index contributed by atoms with van der Waals surface area (Å²) in [6, 6.07) is 71.6. The van der Waals surface area contributed by atoms with Gasteiger partial charge in [0.25, 0.3) is 0 Å². The number of hydrogen-bond donors (Lipinski definition) is 0. The van der Waals surface area contributed by atoms with E-state index in [4.69, 9.17) is 25.9 Å². The molecule has 12 rings (SSSR count). The molecule has 0 saturated carbocycles. The molecule has 306 valence electrons. The molecule has 0 unspecified atom stereocenters. The monoisotopic (exact) mass is 842 g/mol. The van der Waals surface area contributed by atoms with Gasteiger partial charge in [-0.1, -0.05) is 158 Å². The Morgan fingerprint density at radius 3 is 1.67 bits per heavy atom. The number of nitriles is 1. The second-order valence-corrected chi connectivity index (χ2v) is 16.2. The summed E-state index contributed by atoms with van der Waals surface area (Å²) in [5.74, 6) is 1.61. The first kappa shape index (κ1) is 38.3. The summed E-state index contributed by atoms with van der Waals surface area (Å²) < 4.78 is 8.53. The smallest absolute Gasteiger partial charge is 0.194 e. The molecule has 0 aliphatic carbocycles. The summed E-state index contributed by atoms with van der Waals surface area (Å²) in [4.78, 5) is 19.6. The lowest BCUT2D eigenvalue weighted by molar-refractivity contribution is 0.669. The Hall–Kier alpha value is -9.43. The van der Waals surface area contributed by atoms with Gasteiger partial charge in [-0.05, 0) is 81.9 Å². The standard InChI is InChI=1S/C59H34N6O/c1-61-51-22-12-10-20-45(51)42-25-29-47-46-28-24-41(44-19-9-8-18-43(44)36-60)34-53(46)65(54(47)35-42)52-30-26-39(40-27-31-56-49(32-40)48-21-11-13-23-55(48)66-56)33-50(52)59-63-57(37-14-4-2-5-15-37)62-58(64-59)38-16-6-3-7-17-38/h2-35H. The number of furan rings is 1. The number of fused-ring (bicyclic) bond motifs is 6.